The predicted octanol–water partition coefficient (Wildman–Crippen LogP) is 10.5. The van der Waals surface area contributed by atoms with E-state index in [1.165, 1.54) is 96.3 Å². The van der Waals surface area contributed by atoms with E-state index in [2.05, 4.69) is 6.92 Å². The molecule has 0 aliphatic heterocycles. The Morgan fingerprint density at radius 2 is 1.21 bits per heavy atom. The highest BCUT2D eigenvalue weighted by molar-refractivity contribution is 8.05. The van der Waals surface area contributed by atoms with Gasteiger partial charge in [-0.05, 0) is 34.5 Å². The summed E-state index contributed by atoms with van der Waals surface area (Å²) in [5.41, 5.74) is 0.880. The third kappa shape index (κ3) is 21.9. The van der Waals surface area contributed by atoms with E-state index in [1.807, 2.05) is 30.3 Å². The average Bonchev–Trinajstić information content (AvgIpc) is 2.92. The van der Waals surface area contributed by atoms with Gasteiger partial charge in [0.1, 0.15) is 12.2 Å². The molecular weight excluding hydrogens is 554 g/mol. The van der Waals surface area contributed by atoms with Crippen molar-refractivity contribution in [1.82, 2.24) is 0 Å². The molecule has 0 aliphatic rings. The summed E-state index contributed by atoms with van der Waals surface area (Å²) < 4.78 is 22.2. The number of hydrogen-bond donors (Lipinski definition) is 1. The highest BCUT2D eigenvalue weighted by Crippen LogP contribution is 2.57. The van der Waals surface area contributed by atoms with Crippen molar-refractivity contribution in [3.63, 3.8) is 0 Å². The van der Waals surface area contributed by atoms with Gasteiger partial charge in [-0.1, -0.05) is 146 Å². The molecule has 5 nitrogen and oxygen atoms in total. The van der Waals surface area contributed by atoms with Crippen molar-refractivity contribution in [3.05, 3.63) is 35.9 Å². The molecule has 1 aromatic carbocycles. The Kier molecular flexibility index (Phi) is 22.7. The summed E-state index contributed by atoms with van der Waals surface area (Å²) in [7, 11) is 0. The van der Waals surface area contributed by atoms with Gasteiger partial charge in [0.05, 0.1) is 13.2 Å². The molecule has 0 saturated carbocycles. The topological polar surface area (TPSA) is 72.8 Å². The number of Topliss-reactive ketones (excluding diaryl/α,β-unsaturated/α-hetero) is 1. The fourth-order valence-corrected chi connectivity index (χ4v) is 5.38. The highest BCUT2D eigenvalue weighted by Gasteiger charge is 2.29. The zero-order chi connectivity index (χ0) is 28.6. The largest absolute Gasteiger partial charge is 0.382 e. The van der Waals surface area contributed by atoms with Crippen LogP contribution in [0.4, 0.5) is 0 Å². The lowest BCUT2D eigenvalue weighted by atomic mass is 10.0. The van der Waals surface area contributed by atoms with Gasteiger partial charge < -0.3 is 14.4 Å². The van der Waals surface area contributed by atoms with Gasteiger partial charge in [-0.2, -0.15) is 0 Å². The second kappa shape index (κ2) is 24.2. The van der Waals surface area contributed by atoms with Crippen molar-refractivity contribution < 1.29 is 23.7 Å². The van der Waals surface area contributed by atoms with Crippen LogP contribution in [0, 0.1) is 0 Å². The van der Waals surface area contributed by atoms with E-state index in [0.29, 0.717) is 0 Å². The average molecular weight is 608 g/mol. The summed E-state index contributed by atoms with van der Waals surface area (Å²) in [5, 5.41) is 10.6. The third-order valence-corrected chi connectivity index (χ3v) is 8.19. The molecule has 0 spiro atoms. The van der Waals surface area contributed by atoms with Crippen molar-refractivity contribution in [2.45, 2.75) is 148 Å². The lowest BCUT2D eigenvalue weighted by Gasteiger charge is -2.23. The van der Waals surface area contributed by atoms with E-state index in [0.717, 1.165) is 24.8 Å². The number of ether oxygens (including phenoxy) is 1. The molecule has 0 heterocycles. The van der Waals surface area contributed by atoms with Crippen molar-refractivity contribution in [2.24, 2.45) is 0 Å². The number of carbonyl (C=O) groups excluding carboxylic acids is 1. The zero-order valence-corrected chi connectivity index (χ0v) is 26.6. The normalized spacial score (nSPS) is 13.4. The standard InChI is InChI=1S/C31H53Cl2O5P/c1-2-3-4-5-6-7-8-9-10-11-12-13-14-15-16-17-18-22-25-29(34)31(35)30(27-38-39(32,33)36)37-26-28-23-20-19-21-24-28/h19-21,23-24,30-31,35H,2-18,22,25-27H2,1H3. The Balaban J connectivity index is 2.07. The van der Waals surface area contributed by atoms with Crippen LogP contribution in [0.1, 0.15) is 134 Å². The monoisotopic (exact) mass is 606 g/mol. The molecule has 2 unspecified atom stereocenters. The molecule has 0 aromatic heterocycles. The Bertz CT molecular complexity index is 759. The summed E-state index contributed by atoms with van der Waals surface area (Å²) in [6, 6.07) is 9.38. The van der Waals surface area contributed by atoms with Crippen LogP contribution >= 0.6 is 28.6 Å². The van der Waals surface area contributed by atoms with Crippen LogP contribution in [0.15, 0.2) is 30.3 Å². The summed E-state index contributed by atoms with van der Waals surface area (Å²) in [4.78, 5) is 12.6. The predicted molar refractivity (Wildman–Crippen MR) is 165 cm³/mol. The number of halogens is 2. The fraction of sp³-hybridized carbons (Fsp3) is 0.774. The molecule has 226 valence electrons. The lowest BCUT2D eigenvalue weighted by molar-refractivity contribution is -0.139. The zero-order valence-electron chi connectivity index (χ0n) is 24.2. The molecule has 2 atom stereocenters. The van der Waals surface area contributed by atoms with Crippen LogP contribution in [0.5, 0.6) is 0 Å². The Labute approximate surface area is 247 Å². The van der Waals surface area contributed by atoms with Gasteiger partial charge in [-0.15, -0.1) is 0 Å². The Morgan fingerprint density at radius 3 is 1.64 bits per heavy atom. The van der Waals surface area contributed by atoms with Crippen LogP contribution < -0.4 is 0 Å². The molecular formula is C31H53Cl2O5P. The number of hydrogen-bond acceptors (Lipinski definition) is 5. The third-order valence-electron chi connectivity index (χ3n) is 7.15. The number of unbranched alkanes of at least 4 members (excludes halogenated alkanes) is 17. The number of benzene rings is 1. The van der Waals surface area contributed by atoms with Crippen molar-refractivity contribution in [3.8, 4) is 0 Å². The Morgan fingerprint density at radius 1 is 0.769 bits per heavy atom. The second-order valence-corrected chi connectivity index (χ2v) is 15.0. The van der Waals surface area contributed by atoms with Gasteiger partial charge in [0, 0.05) is 6.42 Å². The fourth-order valence-electron chi connectivity index (χ4n) is 4.72. The summed E-state index contributed by atoms with van der Waals surface area (Å²) in [5.74, 6) is -0.313. The van der Waals surface area contributed by atoms with Gasteiger partial charge in [-0.3, -0.25) is 9.36 Å². The molecule has 39 heavy (non-hydrogen) atoms. The first-order valence-corrected chi connectivity index (χ1v) is 18.8. The van der Waals surface area contributed by atoms with Crippen LogP contribution in [0.2, 0.25) is 0 Å². The molecule has 1 N–H and O–H groups in total. The van der Waals surface area contributed by atoms with E-state index < -0.39 is 18.3 Å². The van der Waals surface area contributed by atoms with E-state index in [4.69, 9.17) is 31.7 Å². The van der Waals surface area contributed by atoms with Gasteiger partial charge in [0.25, 0.3) is 0 Å². The second-order valence-electron chi connectivity index (χ2n) is 10.7. The van der Waals surface area contributed by atoms with Crippen molar-refractivity contribution >= 4 is 34.3 Å². The van der Waals surface area contributed by atoms with E-state index in [-0.39, 0.29) is 25.4 Å². The van der Waals surface area contributed by atoms with Gasteiger partial charge in [0.15, 0.2) is 5.78 Å². The number of aliphatic hydroxyl groups excluding tert-OH is 1. The Hall–Kier alpha value is -0.420. The van der Waals surface area contributed by atoms with Crippen molar-refractivity contribution in [2.75, 3.05) is 6.61 Å². The van der Waals surface area contributed by atoms with Crippen LogP contribution in [0.3, 0.4) is 0 Å². The smallest absolute Gasteiger partial charge is 0.380 e. The first-order chi connectivity index (χ1) is 18.8. The molecule has 0 fully saturated rings. The number of carbonyl (C=O) groups is 1. The van der Waals surface area contributed by atoms with Gasteiger partial charge in [-0.25, -0.2) is 0 Å². The van der Waals surface area contributed by atoms with Crippen molar-refractivity contribution in [1.29, 1.82) is 0 Å². The molecule has 8 heteroatoms. The number of aliphatic hydroxyl groups is 1. The molecule has 0 radical (unpaired) electrons. The minimum absolute atomic E-state index is 0.174. The summed E-state index contributed by atoms with van der Waals surface area (Å²) >= 11 is 10.9. The van der Waals surface area contributed by atoms with E-state index >= 15 is 0 Å². The number of rotatable bonds is 27. The van der Waals surface area contributed by atoms with Gasteiger partial charge in [0.2, 0.25) is 0 Å². The highest BCUT2D eigenvalue weighted by atomic mass is 35.9. The lowest BCUT2D eigenvalue weighted by Crippen LogP contribution is -2.39. The van der Waals surface area contributed by atoms with Gasteiger partial charge >= 0.3 is 6.07 Å². The minimum Gasteiger partial charge on any atom is -0.382 e. The van der Waals surface area contributed by atoms with Crippen LogP contribution in [0.25, 0.3) is 0 Å². The maximum atomic E-state index is 12.6. The number of ketones is 1. The maximum absolute atomic E-state index is 12.6. The van der Waals surface area contributed by atoms with Crippen LogP contribution in [-0.4, -0.2) is 29.7 Å². The summed E-state index contributed by atoms with van der Waals surface area (Å²) in [6.45, 7) is 2.11. The van der Waals surface area contributed by atoms with E-state index in [9.17, 15) is 14.5 Å². The van der Waals surface area contributed by atoms with Crippen LogP contribution in [-0.2, 0) is 25.2 Å². The first-order valence-electron chi connectivity index (χ1n) is 15.3. The molecule has 0 amide bonds. The van der Waals surface area contributed by atoms with E-state index in [1.54, 1.807) is 0 Å². The molecule has 0 bridgehead atoms. The molecule has 1 rings (SSSR count). The quantitative estimate of drug-likeness (QED) is 0.0796. The molecule has 0 aliphatic carbocycles. The maximum Gasteiger partial charge on any atom is 0.380 e. The minimum atomic E-state index is -3.80. The molecule has 0 saturated heterocycles. The first kappa shape index (κ1) is 36.6. The summed E-state index contributed by atoms with van der Waals surface area (Å²) in [6.07, 6.45) is 17.2. The SMILES string of the molecule is CCCCCCCCCCCCCCCCCCCCC(=O)C(O)C(COP(=O)(Cl)Cl)OCc1ccccc1. The molecule has 1 aromatic rings.